The van der Waals surface area contributed by atoms with Crippen molar-refractivity contribution in [2.24, 2.45) is 0 Å². The molecule has 0 saturated carbocycles. The summed E-state index contributed by atoms with van der Waals surface area (Å²) in [4.78, 5) is 38.7. The molecular formula is C31H21FN4O6S2. The standard InChI is InChI=1S/C31H21FN4O6S2/c1-42-24-14-11-19(15-23(24)32)27(37)25-26(18-9-12-21(13-10-18)36(40)41)35(29(39)28(25)38)30-33-34-31(44-30)43-16-20-7-4-6-17-5-2-3-8-22(17)20/h2-15,26,37H,16H2,1H3/t26-/m0/s1. The number of hydrogen-bond donors (Lipinski definition) is 1. The largest absolute Gasteiger partial charge is 0.507 e. The molecule has 13 heteroatoms. The molecule has 1 N–H and O–H groups in total. The number of aliphatic hydroxyl groups is 1. The van der Waals surface area contributed by atoms with Gasteiger partial charge in [0.25, 0.3) is 11.5 Å². The van der Waals surface area contributed by atoms with Gasteiger partial charge in [0, 0.05) is 23.4 Å². The molecule has 44 heavy (non-hydrogen) atoms. The number of nitrogens with zero attached hydrogens (tertiary/aromatic N) is 4. The molecule has 1 fully saturated rings. The van der Waals surface area contributed by atoms with E-state index in [0.717, 1.165) is 38.6 Å². The molecule has 1 aliphatic heterocycles. The van der Waals surface area contributed by atoms with Gasteiger partial charge in [-0.3, -0.25) is 24.6 Å². The van der Waals surface area contributed by atoms with Crippen LogP contribution in [0.25, 0.3) is 16.5 Å². The van der Waals surface area contributed by atoms with E-state index in [-0.39, 0.29) is 27.7 Å². The molecule has 1 amide bonds. The average Bonchev–Trinajstić information content (AvgIpc) is 3.61. The van der Waals surface area contributed by atoms with E-state index in [1.165, 1.54) is 55.3 Å². The Bertz CT molecular complexity index is 1970. The van der Waals surface area contributed by atoms with Crippen molar-refractivity contribution >= 4 is 62.1 Å². The Kier molecular flexibility index (Phi) is 7.80. The topological polar surface area (TPSA) is 136 Å². The van der Waals surface area contributed by atoms with Gasteiger partial charge < -0.3 is 9.84 Å². The number of nitro benzene ring substituents is 1. The molecule has 1 atom stereocenters. The Labute approximate surface area is 257 Å². The highest BCUT2D eigenvalue weighted by atomic mass is 32.2. The lowest BCUT2D eigenvalue weighted by Crippen LogP contribution is -2.29. The lowest BCUT2D eigenvalue weighted by Gasteiger charge is -2.22. The lowest BCUT2D eigenvalue weighted by atomic mass is 9.95. The van der Waals surface area contributed by atoms with E-state index >= 15 is 0 Å². The second-order valence-corrected chi connectivity index (χ2v) is 11.8. The molecule has 1 aliphatic rings. The Hall–Kier alpha value is -5.14. The van der Waals surface area contributed by atoms with E-state index in [0.29, 0.717) is 15.7 Å². The number of halogens is 1. The zero-order valence-corrected chi connectivity index (χ0v) is 24.5. The van der Waals surface area contributed by atoms with Crippen LogP contribution in [-0.2, 0) is 15.3 Å². The summed E-state index contributed by atoms with van der Waals surface area (Å²) in [6.45, 7) is 0. The number of fused-ring (bicyclic) bond motifs is 1. The number of ketones is 1. The van der Waals surface area contributed by atoms with Crippen LogP contribution in [0.1, 0.15) is 22.7 Å². The van der Waals surface area contributed by atoms with Crippen LogP contribution in [0.2, 0.25) is 0 Å². The normalized spacial score (nSPS) is 16.0. The van der Waals surface area contributed by atoms with Crippen LogP contribution in [0, 0.1) is 15.9 Å². The number of aromatic nitrogens is 2. The van der Waals surface area contributed by atoms with Gasteiger partial charge in [0.15, 0.2) is 15.9 Å². The van der Waals surface area contributed by atoms with Gasteiger partial charge in [-0.2, -0.15) is 0 Å². The van der Waals surface area contributed by atoms with E-state index in [1.807, 2.05) is 42.5 Å². The molecule has 4 aromatic carbocycles. The van der Waals surface area contributed by atoms with Crippen molar-refractivity contribution in [3.05, 3.63) is 123 Å². The van der Waals surface area contributed by atoms with E-state index < -0.39 is 34.2 Å². The number of thioether (sulfide) groups is 1. The fourth-order valence-corrected chi connectivity index (χ4v) is 6.88. The van der Waals surface area contributed by atoms with E-state index in [4.69, 9.17) is 4.74 Å². The van der Waals surface area contributed by atoms with Crippen LogP contribution < -0.4 is 9.64 Å². The number of anilines is 1. The van der Waals surface area contributed by atoms with Gasteiger partial charge in [0.05, 0.1) is 23.6 Å². The monoisotopic (exact) mass is 628 g/mol. The van der Waals surface area contributed by atoms with Crippen LogP contribution in [-0.4, -0.2) is 39.0 Å². The highest BCUT2D eigenvalue weighted by molar-refractivity contribution is 8.00. The molecule has 10 nitrogen and oxygen atoms in total. The minimum absolute atomic E-state index is 0.0585. The van der Waals surface area contributed by atoms with Crippen molar-refractivity contribution in [2.75, 3.05) is 12.0 Å². The quantitative estimate of drug-likeness (QED) is 0.0380. The summed E-state index contributed by atoms with van der Waals surface area (Å²) in [7, 11) is 1.29. The summed E-state index contributed by atoms with van der Waals surface area (Å²) in [5.74, 6) is -2.91. The minimum Gasteiger partial charge on any atom is -0.507 e. The number of carbonyl (C=O) groups excluding carboxylic acids is 2. The molecule has 0 bridgehead atoms. The predicted molar refractivity (Wildman–Crippen MR) is 164 cm³/mol. The second kappa shape index (κ2) is 11.9. The zero-order valence-electron chi connectivity index (χ0n) is 22.8. The minimum atomic E-state index is -1.22. The van der Waals surface area contributed by atoms with Crippen molar-refractivity contribution in [2.45, 2.75) is 16.1 Å². The van der Waals surface area contributed by atoms with Crippen LogP contribution in [0.3, 0.4) is 0 Å². The Balaban J connectivity index is 1.39. The van der Waals surface area contributed by atoms with E-state index in [1.54, 1.807) is 0 Å². The first-order valence-electron chi connectivity index (χ1n) is 13.1. The number of aliphatic hydroxyl groups excluding tert-OH is 1. The summed E-state index contributed by atoms with van der Waals surface area (Å²) in [5.41, 5.74) is 0.796. The molecule has 0 aliphatic carbocycles. The predicted octanol–water partition coefficient (Wildman–Crippen LogP) is 6.67. The van der Waals surface area contributed by atoms with Crippen LogP contribution in [0.4, 0.5) is 15.2 Å². The number of Topliss-reactive ketones (excluding diaryl/α,β-unsaturated/α-hetero) is 1. The highest BCUT2D eigenvalue weighted by Gasteiger charge is 2.48. The van der Waals surface area contributed by atoms with Gasteiger partial charge in [-0.15, -0.1) is 10.2 Å². The van der Waals surface area contributed by atoms with E-state index in [9.17, 15) is 29.2 Å². The molecule has 1 aromatic heterocycles. The molecule has 0 spiro atoms. The number of hydrogen-bond acceptors (Lipinski definition) is 10. The lowest BCUT2D eigenvalue weighted by molar-refractivity contribution is -0.384. The first-order chi connectivity index (χ1) is 21.3. The first kappa shape index (κ1) is 29.0. The van der Waals surface area contributed by atoms with E-state index in [2.05, 4.69) is 10.2 Å². The highest BCUT2D eigenvalue weighted by Crippen LogP contribution is 2.44. The first-order valence-corrected chi connectivity index (χ1v) is 14.9. The van der Waals surface area contributed by atoms with Crippen LogP contribution >= 0.6 is 23.1 Å². The summed E-state index contributed by atoms with van der Waals surface area (Å²) < 4.78 is 20.0. The number of amides is 1. The molecule has 0 radical (unpaired) electrons. The van der Waals surface area contributed by atoms with Crippen molar-refractivity contribution in [1.82, 2.24) is 10.2 Å². The number of carbonyl (C=O) groups is 2. The van der Waals surface area contributed by atoms with Crippen molar-refractivity contribution < 1.29 is 28.7 Å². The number of rotatable bonds is 8. The average molecular weight is 629 g/mol. The fourth-order valence-electron chi connectivity index (χ4n) is 5.01. The number of benzene rings is 4. The van der Waals surface area contributed by atoms with Gasteiger partial charge in [-0.25, -0.2) is 4.39 Å². The van der Waals surface area contributed by atoms with Crippen molar-refractivity contribution in [1.29, 1.82) is 0 Å². The van der Waals surface area contributed by atoms with Gasteiger partial charge in [-0.1, -0.05) is 65.6 Å². The fraction of sp³-hybridized carbons (Fsp3) is 0.0968. The Morgan fingerprint density at radius 1 is 1.07 bits per heavy atom. The van der Waals surface area contributed by atoms with Crippen LogP contribution in [0.15, 0.2) is 94.8 Å². The number of methoxy groups -OCH3 is 1. The maximum atomic E-state index is 14.5. The second-order valence-electron chi connectivity index (χ2n) is 9.64. The van der Waals surface area contributed by atoms with Crippen molar-refractivity contribution in [3.63, 3.8) is 0 Å². The smallest absolute Gasteiger partial charge is 0.301 e. The Morgan fingerprint density at radius 2 is 1.82 bits per heavy atom. The van der Waals surface area contributed by atoms with Gasteiger partial charge in [0.1, 0.15) is 5.76 Å². The molecule has 1 saturated heterocycles. The molecule has 5 aromatic rings. The number of ether oxygens (including phenoxy) is 1. The number of non-ortho nitro benzene ring substituents is 1. The maximum Gasteiger partial charge on any atom is 0.301 e. The SMILES string of the molecule is COc1ccc(C(O)=C2C(=O)C(=O)N(c3nnc(SCc4cccc5ccccc45)s3)[C@H]2c2ccc([N+](=O)[O-])cc2)cc1F. The summed E-state index contributed by atoms with van der Waals surface area (Å²) in [5, 5.41) is 33.3. The third-order valence-corrected chi connectivity index (χ3v) is 9.23. The van der Waals surface area contributed by atoms with Gasteiger partial charge >= 0.3 is 5.91 Å². The van der Waals surface area contributed by atoms with Crippen molar-refractivity contribution in [3.8, 4) is 5.75 Å². The maximum absolute atomic E-state index is 14.5. The third-order valence-electron chi connectivity index (χ3n) is 7.12. The van der Waals surface area contributed by atoms with Gasteiger partial charge in [0.2, 0.25) is 5.13 Å². The summed E-state index contributed by atoms with van der Waals surface area (Å²) in [6, 6.07) is 21.7. The number of nitro groups is 1. The summed E-state index contributed by atoms with van der Waals surface area (Å²) >= 11 is 2.50. The van der Waals surface area contributed by atoms with Crippen LogP contribution in [0.5, 0.6) is 5.75 Å². The summed E-state index contributed by atoms with van der Waals surface area (Å²) in [6.07, 6.45) is 0. The Morgan fingerprint density at radius 3 is 2.55 bits per heavy atom. The van der Waals surface area contributed by atoms with Gasteiger partial charge in [-0.05, 0) is 52.2 Å². The molecule has 2 heterocycles. The molecule has 6 rings (SSSR count). The molecule has 0 unspecified atom stereocenters. The third kappa shape index (κ3) is 5.27. The zero-order chi connectivity index (χ0) is 31.0. The molecule has 220 valence electrons. The molecular weight excluding hydrogens is 607 g/mol.